The van der Waals surface area contributed by atoms with Gasteiger partial charge in [0.2, 0.25) is 5.91 Å². The minimum Gasteiger partial charge on any atom is -0.464 e. The van der Waals surface area contributed by atoms with Crippen LogP contribution >= 0.6 is 0 Å². The zero-order chi connectivity index (χ0) is 17.2. The molecular formula is C21H22N2O2. The maximum absolute atomic E-state index is 11.9. The monoisotopic (exact) mass is 334 g/mol. The van der Waals surface area contributed by atoms with Gasteiger partial charge >= 0.3 is 0 Å². The van der Waals surface area contributed by atoms with Crippen molar-refractivity contribution < 1.29 is 9.21 Å². The normalized spacial score (nSPS) is 15.9. The molecule has 128 valence electrons. The van der Waals surface area contributed by atoms with E-state index in [0.717, 1.165) is 36.2 Å². The molecule has 1 aliphatic heterocycles. The first-order chi connectivity index (χ1) is 12.2. The van der Waals surface area contributed by atoms with E-state index in [1.807, 2.05) is 41.5 Å². The largest absolute Gasteiger partial charge is 0.464 e. The molecule has 4 rings (SSSR count). The minimum atomic E-state index is 0.181. The second kappa shape index (κ2) is 6.73. The van der Waals surface area contributed by atoms with Gasteiger partial charge in [0.25, 0.3) is 0 Å². The van der Waals surface area contributed by atoms with Gasteiger partial charge in [0.15, 0.2) is 0 Å². The second-order valence-corrected chi connectivity index (χ2v) is 6.61. The average molecular weight is 334 g/mol. The summed E-state index contributed by atoms with van der Waals surface area (Å²) in [5.74, 6) is 0.225. The lowest BCUT2D eigenvalue weighted by molar-refractivity contribution is -0.117. The molecule has 1 atom stereocenters. The van der Waals surface area contributed by atoms with Gasteiger partial charge in [-0.2, -0.15) is 0 Å². The fourth-order valence-corrected chi connectivity index (χ4v) is 3.47. The van der Waals surface area contributed by atoms with Crippen LogP contribution < -0.4 is 10.2 Å². The predicted octanol–water partition coefficient (Wildman–Crippen LogP) is 4.41. The Hall–Kier alpha value is -2.59. The Labute approximate surface area is 147 Å². The Kier molecular flexibility index (Phi) is 4.28. The fourth-order valence-electron chi connectivity index (χ4n) is 3.47. The number of furan rings is 1. The molecule has 0 aliphatic carbocycles. The highest BCUT2D eigenvalue weighted by Gasteiger charge is 2.21. The Morgan fingerprint density at radius 1 is 1.20 bits per heavy atom. The van der Waals surface area contributed by atoms with E-state index in [2.05, 4.69) is 30.4 Å². The molecule has 1 saturated heterocycles. The van der Waals surface area contributed by atoms with E-state index < -0.39 is 0 Å². The highest BCUT2D eigenvalue weighted by molar-refractivity contribution is 5.95. The van der Waals surface area contributed by atoms with Crippen LogP contribution in [0, 0.1) is 0 Å². The lowest BCUT2D eigenvalue weighted by Crippen LogP contribution is -2.24. The predicted molar refractivity (Wildman–Crippen MR) is 99.5 cm³/mol. The molecule has 0 bridgehead atoms. The standard InChI is InChI=1S/C21H22N2O2/c1-15(19-14-25-20-9-3-2-8-18(19)20)22-13-16-6-4-7-17(12-16)23-11-5-10-21(23)24/h2-4,6-9,12,14-15,22H,5,10-11,13H2,1H3. The van der Waals surface area contributed by atoms with Crippen LogP contribution in [-0.4, -0.2) is 12.5 Å². The Balaban J connectivity index is 1.47. The summed E-state index contributed by atoms with van der Waals surface area (Å²) in [6, 6.07) is 16.5. The summed E-state index contributed by atoms with van der Waals surface area (Å²) in [7, 11) is 0. The molecule has 25 heavy (non-hydrogen) atoms. The van der Waals surface area contributed by atoms with Crippen LogP contribution in [0.3, 0.4) is 0 Å². The summed E-state index contributed by atoms with van der Waals surface area (Å²) in [6.45, 7) is 3.72. The van der Waals surface area contributed by atoms with Gasteiger partial charge < -0.3 is 14.6 Å². The number of anilines is 1. The Bertz CT molecular complexity index is 900. The van der Waals surface area contributed by atoms with Crippen molar-refractivity contribution in [2.24, 2.45) is 0 Å². The first-order valence-corrected chi connectivity index (χ1v) is 8.81. The molecule has 0 radical (unpaired) electrons. The summed E-state index contributed by atoms with van der Waals surface area (Å²) in [5, 5.41) is 4.71. The van der Waals surface area contributed by atoms with Crippen molar-refractivity contribution in [3.8, 4) is 0 Å². The maximum atomic E-state index is 11.9. The zero-order valence-electron chi connectivity index (χ0n) is 14.4. The number of nitrogens with zero attached hydrogens (tertiary/aromatic N) is 1. The average Bonchev–Trinajstić information content (AvgIpc) is 3.26. The zero-order valence-corrected chi connectivity index (χ0v) is 14.4. The summed E-state index contributed by atoms with van der Waals surface area (Å²) in [6.07, 6.45) is 3.45. The molecule has 1 fully saturated rings. The molecule has 1 aliphatic rings. The number of nitrogens with one attached hydrogen (secondary N) is 1. The number of rotatable bonds is 5. The van der Waals surface area contributed by atoms with Crippen molar-refractivity contribution >= 4 is 22.6 Å². The second-order valence-electron chi connectivity index (χ2n) is 6.61. The highest BCUT2D eigenvalue weighted by Crippen LogP contribution is 2.27. The van der Waals surface area contributed by atoms with Crippen LogP contribution in [0.2, 0.25) is 0 Å². The summed E-state index contributed by atoms with van der Waals surface area (Å²) >= 11 is 0. The third kappa shape index (κ3) is 3.17. The molecular weight excluding hydrogens is 312 g/mol. The van der Waals surface area contributed by atoms with Crippen molar-refractivity contribution in [2.75, 3.05) is 11.4 Å². The van der Waals surface area contributed by atoms with Crippen LogP contribution in [-0.2, 0) is 11.3 Å². The topological polar surface area (TPSA) is 45.5 Å². The third-order valence-electron chi connectivity index (χ3n) is 4.89. The quantitative estimate of drug-likeness (QED) is 0.752. The van der Waals surface area contributed by atoms with E-state index >= 15 is 0 Å². The number of fused-ring (bicyclic) bond motifs is 1. The van der Waals surface area contributed by atoms with Crippen molar-refractivity contribution in [3.05, 3.63) is 65.9 Å². The molecule has 4 nitrogen and oxygen atoms in total. The van der Waals surface area contributed by atoms with Gasteiger partial charge in [-0.1, -0.05) is 30.3 Å². The van der Waals surface area contributed by atoms with Crippen LogP contribution in [0.4, 0.5) is 5.69 Å². The Morgan fingerprint density at radius 2 is 2.08 bits per heavy atom. The van der Waals surface area contributed by atoms with Gasteiger partial charge in [0.1, 0.15) is 5.58 Å². The van der Waals surface area contributed by atoms with Crippen molar-refractivity contribution in [2.45, 2.75) is 32.4 Å². The first kappa shape index (κ1) is 15.9. The molecule has 1 amide bonds. The van der Waals surface area contributed by atoms with Crippen molar-refractivity contribution in [1.82, 2.24) is 5.32 Å². The van der Waals surface area contributed by atoms with E-state index in [4.69, 9.17) is 4.42 Å². The van der Waals surface area contributed by atoms with E-state index in [1.165, 1.54) is 11.1 Å². The van der Waals surface area contributed by atoms with Crippen LogP contribution in [0.15, 0.2) is 59.2 Å². The van der Waals surface area contributed by atoms with Crippen molar-refractivity contribution in [3.63, 3.8) is 0 Å². The minimum absolute atomic E-state index is 0.181. The highest BCUT2D eigenvalue weighted by atomic mass is 16.3. The van der Waals surface area contributed by atoms with Crippen LogP contribution in [0.25, 0.3) is 11.0 Å². The molecule has 0 spiro atoms. The van der Waals surface area contributed by atoms with Gasteiger partial charge in [-0.25, -0.2) is 0 Å². The summed E-state index contributed by atoms with van der Waals surface area (Å²) < 4.78 is 5.64. The Morgan fingerprint density at radius 3 is 2.92 bits per heavy atom. The number of para-hydroxylation sites is 1. The van der Waals surface area contributed by atoms with Gasteiger partial charge in [-0.15, -0.1) is 0 Å². The van der Waals surface area contributed by atoms with E-state index in [-0.39, 0.29) is 11.9 Å². The number of hydrogen-bond donors (Lipinski definition) is 1. The van der Waals surface area contributed by atoms with Crippen molar-refractivity contribution in [1.29, 1.82) is 0 Å². The third-order valence-corrected chi connectivity index (χ3v) is 4.89. The molecule has 2 aromatic carbocycles. The molecule has 0 saturated carbocycles. The van der Waals surface area contributed by atoms with E-state index in [9.17, 15) is 4.79 Å². The molecule has 4 heteroatoms. The van der Waals surface area contributed by atoms with E-state index in [0.29, 0.717) is 6.42 Å². The van der Waals surface area contributed by atoms with Gasteiger partial charge in [-0.05, 0) is 37.1 Å². The number of carbonyl (C=O) groups excluding carboxylic acids is 1. The molecule has 3 aromatic rings. The van der Waals surface area contributed by atoms with Gasteiger partial charge in [0.05, 0.1) is 6.26 Å². The van der Waals surface area contributed by atoms with E-state index in [1.54, 1.807) is 0 Å². The van der Waals surface area contributed by atoms with Gasteiger partial charge in [-0.3, -0.25) is 4.79 Å². The SMILES string of the molecule is CC(NCc1cccc(N2CCCC2=O)c1)c1coc2ccccc12. The summed E-state index contributed by atoms with van der Waals surface area (Å²) in [5.41, 5.74) is 4.27. The lowest BCUT2D eigenvalue weighted by Gasteiger charge is -2.18. The maximum Gasteiger partial charge on any atom is 0.227 e. The molecule has 1 aromatic heterocycles. The first-order valence-electron chi connectivity index (χ1n) is 8.81. The smallest absolute Gasteiger partial charge is 0.227 e. The number of hydrogen-bond acceptors (Lipinski definition) is 3. The molecule has 1 N–H and O–H groups in total. The number of carbonyl (C=O) groups is 1. The fraction of sp³-hybridized carbons (Fsp3) is 0.286. The van der Waals surface area contributed by atoms with Crippen LogP contribution in [0.1, 0.15) is 36.9 Å². The number of amides is 1. The summed E-state index contributed by atoms with van der Waals surface area (Å²) in [4.78, 5) is 13.8. The number of benzene rings is 2. The molecule has 2 heterocycles. The molecule has 1 unspecified atom stereocenters. The van der Waals surface area contributed by atoms with Gasteiger partial charge in [0, 0.05) is 42.2 Å². The lowest BCUT2D eigenvalue weighted by atomic mass is 10.1. The van der Waals surface area contributed by atoms with Crippen LogP contribution in [0.5, 0.6) is 0 Å².